The molecule has 2 saturated heterocycles. The maximum atomic E-state index is 14.8. The van der Waals surface area contributed by atoms with Crippen LogP contribution in [0.1, 0.15) is 126 Å². The van der Waals surface area contributed by atoms with Gasteiger partial charge in [0.15, 0.2) is 0 Å². The number of nitrogens with zero attached hydrogens (tertiary/aromatic N) is 1. The van der Waals surface area contributed by atoms with Gasteiger partial charge in [0.05, 0.1) is 30.5 Å². The van der Waals surface area contributed by atoms with Crippen LogP contribution in [-0.2, 0) is 47.3 Å². The lowest BCUT2D eigenvalue weighted by Gasteiger charge is -2.47. The molecule has 74 heavy (non-hydrogen) atoms. The van der Waals surface area contributed by atoms with Gasteiger partial charge in [-0.15, -0.1) is 6.58 Å². The number of methoxy groups -OCH3 is 3. The summed E-state index contributed by atoms with van der Waals surface area (Å²) in [5, 5.41) is 26.5. The zero-order valence-electron chi connectivity index (χ0n) is 46.1. The number of ketones is 2. The molecule has 1 saturated carbocycles. The number of aliphatic hydroxyl groups is 2. The van der Waals surface area contributed by atoms with E-state index in [-0.39, 0.29) is 60.7 Å². The molecule has 2 N–H and O–H groups in total. The summed E-state index contributed by atoms with van der Waals surface area (Å²) >= 11 is 0. The summed E-state index contributed by atoms with van der Waals surface area (Å²) in [7, 11) is 1.88. The number of esters is 1. The van der Waals surface area contributed by atoms with Crippen LogP contribution < -0.4 is 10.4 Å². The number of aliphatic hydroxyl groups excluding tert-OH is 1. The number of Topliss-reactive ketones (excluding diaryl/α,β-unsaturated/α-hetero) is 2. The molecule has 14 atom stereocenters. The van der Waals surface area contributed by atoms with Crippen LogP contribution in [0.5, 0.6) is 0 Å². The summed E-state index contributed by atoms with van der Waals surface area (Å²) in [6, 6.07) is 20.0. The predicted octanol–water partition coefficient (Wildman–Crippen LogP) is 8.22. The lowest BCUT2D eigenvalue weighted by atomic mass is 9.81. The van der Waals surface area contributed by atoms with E-state index in [1.807, 2.05) is 32.1 Å². The second-order valence-electron chi connectivity index (χ2n) is 23.0. The lowest BCUT2D eigenvalue weighted by molar-refractivity contribution is -0.302. The van der Waals surface area contributed by atoms with Gasteiger partial charge in [0.1, 0.15) is 24.0 Å². The van der Waals surface area contributed by atoms with Gasteiger partial charge in [-0.3, -0.25) is 14.4 Å². The highest BCUT2D eigenvalue weighted by atomic mass is 28.4. The quantitative estimate of drug-likeness (QED) is 0.0960. The molecule has 4 aliphatic rings. The summed E-state index contributed by atoms with van der Waals surface area (Å²) < 4.78 is 38.6. The molecule has 1 aliphatic carbocycles. The number of allylic oxidation sites excluding steroid dienone is 4. The largest absolute Gasteiger partial charge is 0.456 e. The minimum Gasteiger partial charge on any atom is -0.456 e. The number of hydrogen-bond acceptors (Lipinski definition) is 12. The highest BCUT2D eigenvalue weighted by Crippen LogP contribution is 2.42. The first kappa shape index (κ1) is 59.1. The molecule has 408 valence electrons. The van der Waals surface area contributed by atoms with Crippen LogP contribution in [-0.4, -0.2) is 129 Å². The van der Waals surface area contributed by atoms with Gasteiger partial charge in [0, 0.05) is 52.0 Å². The summed E-state index contributed by atoms with van der Waals surface area (Å²) in [4.78, 5) is 59.3. The van der Waals surface area contributed by atoms with Gasteiger partial charge in [-0.05, 0) is 111 Å². The van der Waals surface area contributed by atoms with E-state index < -0.39 is 86.1 Å². The Morgan fingerprint density at radius 2 is 1.45 bits per heavy atom. The van der Waals surface area contributed by atoms with Crippen molar-refractivity contribution in [3.8, 4) is 0 Å². The van der Waals surface area contributed by atoms with Gasteiger partial charge in [-0.1, -0.05) is 126 Å². The van der Waals surface area contributed by atoms with E-state index >= 15 is 0 Å². The van der Waals surface area contributed by atoms with Crippen molar-refractivity contribution >= 4 is 42.1 Å². The second-order valence-corrected chi connectivity index (χ2v) is 27.3. The van der Waals surface area contributed by atoms with Crippen LogP contribution in [0.25, 0.3) is 0 Å². The zero-order valence-corrected chi connectivity index (χ0v) is 47.1. The van der Waals surface area contributed by atoms with Crippen LogP contribution in [0.4, 0.5) is 0 Å². The van der Waals surface area contributed by atoms with Gasteiger partial charge < -0.3 is 43.2 Å². The van der Waals surface area contributed by atoms with Crippen molar-refractivity contribution in [2.24, 2.45) is 29.6 Å². The molecule has 2 aromatic rings. The summed E-state index contributed by atoms with van der Waals surface area (Å²) in [6.07, 6.45) is 5.75. The Morgan fingerprint density at radius 3 is 2.03 bits per heavy atom. The number of rotatable bonds is 11. The number of carbonyl (C=O) groups is 4. The van der Waals surface area contributed by atoms with Crippen molar-refractivity contribution in [1.82, 2.24) is 4.90 Å². The van der Waals surface area contributed by atoms with E-state index in [2.05, 4.69) is 88.9 Å². The van der Waals surface area contributed by atoms with Gasteiger partial charge in [0.25, 0.3) is 20.0 Å². The van der Waals surface area contributed by atoms with Crippen LogP contribution in [0.2, 0.25) is 5.04 Å². The minimum atomic E-state index is -2.92. The zero-order chi connectivity index (χ0) is 54.1. The average molecular weight is 1040 g/mol. The normalized spacial score (nSPS) is 34.0. The second kappa shape index (κ2) is 25.8. The van der Waals surface area contributed by atoms with Crippen molar-refractivity contribution in [3.63, 3.8) is 0 Å². The first-order chi connectivity index (χ1) is 35.1. The van der Waals surface area contributed by atoms with Crippen LogP contribution in [0.15, 0.2) is 96.6 Å². The Bertz CT molecular complexity index is 2240. The van der Waals surface area contributed by atoms with Crippen LogP contribution in [0.3, 0.4) is 0 Å². The molecule has 1 amide bonds. The molecule has 3 fully saturated rings. The minimum absolute atomic E-state index is 0.00158. The highest BCUT2D eigenvalue weighted by molar-refractivity contribution is 6.99. The monoisotopic (exact) mass is 1040 g/mol. The third kappa shape index (κ3) is 13.2. The molecular weight excluding hydrogens is 955 g/mol. The molecule has 14 unspecified atom stereocenters. The molecular formula is C60H87NO12Si. The first-order valence-electron chi connectivity index (χ1n) is 27.1. The van der Waals surface area contributed by atoms with Crippen molar-refractivity contribution in [1.29, 1.82) is 0 Å². The predicted molar refractivity (Wildman–Crippen MR) is 289 cm³/mol. The van der Waals surface area contributed by atoms with Crippen molar-refractivity contribution in [3.05, 3.63) is 96.6 Å². The molecule has 0 radical (unpaired) electrons. The van der Waals surface area contributed by atoms with Crippen molar-refractivity contribution in [2.45, 2.75) is 186 Å². The Hall–Kier alpha value is -4.12. The summed E-state index contributed by atoms with van der Waals surface area (Å²) in [5.41, 5.74) is 1.65. The Balaban J connectivity index is 1.35. The number of cyclic esters (lactones) is 1. The van der Waals surface area contributed by atoms with Gasteiger partial charge in [-0.25, -0.2) is 4.79 Å². The number of amides is 1. The standard InChI is InChI=1S/C60H87NO12Si/c1-13-22-44-32-38(2)31-39(3)33-52(69-11)55-53(70-12)35-41(5)60(67,72-55)56(64)57(65)61-30-21-20-27-47(61)58(66)71-54(42(6)48(62)37-49(44)63)40(4)34-43-28-29-50(51(36-43)68-10)73-74(59(7,8)9,45-23-16-14-17-24-45)46-25-18-15-19-26-46/h13-19,23-26,32,34,39,41-44,47-48,50-55,62,67H,1,20-22,27-31,33,35-37H2,2-12H3. The maximum absolute atomic E-state index is 14.8. The van der Waals surface area contributed by atoms with E-state index in [4.69, 9.17) is 28.1 Å². The topological polar surface area (TPSA) is 167 Å². The van der Waals surface area contributed by atoms with Gasteiger partial charge >= 0.3 is 5.97 Å². The van der Waals surface area contributed by atoms with E-state index in [1.54, 1.807) is 27.0 Å². The molecule has 2 bridgehead atoms. The van der Waals surface area contributed by atoms with E-state index in [1.165, 1.54) is 29.5 Å². The highest BCUT2D eigenvalue weighted by Gasteiger charge is 2.57. The van der Waals surface area contributed by atoms with Crippen LogP contribution in [0, 0.1) is 29.6 Å². The molecule has 14 heteroatoms. The van der Waals surface area contributed by atoms with E-state index in [9.17, 15) is 29.4 Å². The van der Waals surface area contributed by atoms with Crippen LogP contribution >= 0.6 is 0 Å². The van der Waals surface area contributed by atoms with E-state index in [0.717, 1.165) is 12.0 Å². The van der Waals surface area contributed by atoms with Gasteiger partial charge in [0.2, 0.25) is 5.79 Å². The molecule has 13 nitrogen and oxygen atoms in total. The number of fused-ring (bicyclic) bond motifs is 3. The molecule has 0 spiro atoms. The molecule has 2 aromatic carbocycles. The number of ether oxygens (including phenoxy) is 5. The summed E-state index contributed by atoms with van der Waals surface area (Å²) in [5.74, 6) is -7.82. The number of benzene rings is 2. The SMILES string of the molecule is C=CCC1C=C(C)CC(C)CC(OC)C2OC(O)(C(=O)C(=O)N3CCCCC3C(=O)OC(C(C)=CC3CCC(O[Si](c4ccccc4)(c4ccccc4)C(C)(C)C)C(OC)C3)C(C)C(O)CC1=O)C(C)CC2OC. The Morgan fingerprint density at radius 1 is 0.838 bits per heavy atom. The Labute approximate surface area is 442 Å². The molecule has 3 heterocycles. The fourth-order valence-corrected chi connectivity index (χ4v) is 17.2. The number of piperidine rings is 1. The number of hydrogen-bond donors (Lipinski definition) is 2. The average Bonchev–Trinajstić information content (AvgIpc) is 3.38. The lowest BCUT2D eigenvalue weighted by Crippen LogP contribution is -2.68. The molecule has 3 aliphatic heterocycles. The van der Waals surface area contributed by atoms with E-state index in [0.29, 0.717) is 50.5 Å². The fourth-order valence-electron chi connectivity index (χ4n) is 12.5. The third-order valence-electron chi connectivity index (χ3n) is 16.6. The maximum Gasteiger partial charge on any atom is 0.329 e. The smallest absolute Gasteiger partial charge is 0.329 e. The fraction of sp³-hybridized carbons (Fsp3) is 0.633. The molecule has 0 aromatic heterocycles. The van der Waals surface area contributed by atoms with Crippen molar-refractivity contribution < 1.29 is 57.5 Å². The number of carbonyl (C=O) groups excluding carboxylic acids is 4. The molecule has 6 rings (SSSR count). The first-order valence-corrected chi connectivity index (χ1v) is 29.0. The summed E-state index contributed by atoms with van der Waals surface area (Å²) in [6.45, 7) is 20.1. The van der Waals surface area contributed by atoms with Crippen molar-refractivity contribution in [2.75, 3.05) is 27.9 Å². The van der Waals surface area contributed by atoms with Gasteiger partial charge in [-0.2, -0.15) is 0 Å². The third-order valence-corrected chi connectivity index (χ3v) is 21.7. The Kier molecular flexibility index (Phi) is 20.6.